The van der Waals surface area contributed by atoms with E-state index in [1.54, 1.807) is 0 Å². The number of hydrogen-bond acceptors (Lipinski definition) is 1. The van der Waals surface area contributed by atoms with Gasteiger partial charge in [-0.2, -0.15) is 0 Å². The van der Waals surface area contributed by atoms with Crippen LogP contribution in [0, 0.1) is 19.3 Å². The van der Waals surface area contributed by atoms with Gasteiger partial charge in [0.1, 0.15) is 0 Å². The van der Waals surface area contributed by atoms with Crippen LogP contribution >= 0.6 is 0 Å². The molecule has 0 fully saturated rings. The van der Waals surface area contributed by atoms with Gasteiger partial charge in [-0.25, -0.2) is 0 Å². The first-order chi connectivity index (χ1) is 7.27. The number of nitrogens with one attached hydrogen (secondary N) is 1. The van der Waals surface area contributed by atoms with Gasteiger partial charge in [0, 0.05) is 19.0 Å². The molecule has 0 aromatic heterocycles. The molecule has 0 saturated heterocycles. The maximum Gasteiger partial charge on any atom is 0.0318 e. The van der Waals surface area contributed by atoms with Crippen molar-refractivity contribution in [3.8, 4) is 12.3 Å². The summed E-state index contributed by atoms with van der Waals surface area (Å²) in [7, 11) is 0. The highest BCUT2D eigenvalue weighted by atomic mass is 14.9. The molecule has 1 aromatic rings. The number of rotatable bonds is 5. The molecule has 1 unspecified atom stereocenters. The first-order valence-corrected chi connectivity index (χ1v) is 5.51. The van der Waals surface area contributed by atoms with Crippen molar-refractivity contribution in [3.05, 3.63) is 35.4 Å². The SMILES string of the molecule is C#CCCNC(CC)c1ccc(C)cc1. The lowest BCUT2D eigenvalue weighted by molar-refractivity contribution is 0.527. The third-order valence-corrected chi connectivity index (χ3v) is 2.55. The summed E-state index contributed by atoms with van der Waals surface area (Å²) < 4.78 is 0. The minimum atomic E-state index is 0.430. The van der Waals surface area contributed by atoms with Gasteiger partial charge < -0.3 is 5.32 Å². The maximum atomic E-state index is 5.22. The van der Waals surface area contributed by atoms with E-state index in [0.717, 1.165) is 19.4 Å². The number of terminal acetylenes is 1. The van der Waals surface area contributed by atoms with Crippen LogP contribution in [0.5, 0.6) is 0 Å². The van der Waals surface area contributed by atoms with E-state index in [1.807, 2.05) is 0 Å². The highest BCUT2D eigenvalue weighted by Gasteiger charge is 2.06. The molecule has 0 aliphatic carbocycles. The van der Waals surface area contributed by atoms with Crippen LogP contribution in [0.15, 0.2) is 24.3 Å². The van der Waals surface area contributed by atoms with Crippen LogP contribution in [0.2, 0.25) is 0 Å². The van der Waals surface area contributed by atoms with E-state index >= 15 is 0 Å². The Kier molecular flexibility index (Phi) is 4.93. The van der Waals surface area contributed by atoms with Gasteiger partial charge >= 0.3 is 0 Å². The van der Waals surface area contributed by atoms with Crippen molar-refractivity contribution in [2.24, 2.45) is 0 Å². The van der Waals surface area contributed by atoms with Gasteiger partial charge in [0.15, 0.2) is 0 Å². The predicted octanol–water partition coefficient (Wildman–Crippen LogP) is 3.06. The quantitative estimate of drug-likeness (QED) is 0.570. The second-order valence-corrected chi connectivity index (χ2v) is 3.78. The molecule has 1 atom stereocenters. The first kappa shape index (κ1) is 11.8. The van der Waals surface area contributed by atoms with E-state index in [4.69, 9.17) is 6.42 Å². The highest BCUT2D eigenvalue weighted by molar-refractivity contribution is 5.24. The molecule has 0 heterocycles. The van der Waals surface area contributed by atoms with E-state index < -0.39 is 0 Å². The third kappa shape index (κ3) is 3.77. The van der Waals surface area contributed by atoms with Crippen molar-refractivity contribution < 1.29 is 0 Å². The van der Waals surface area contributed by atoms with Crippen LogP contribution in [-0.4, -0.2) is 6.54 Å². The average Bonchev–Trinajstić information content (AvgIpc) is 2.26. The molecule has 15 heavy (non-hydrogen) atoms. The topological polar surface area (TPSA) is 12.0 Å². The molecule has 0 spiro atoms. The minimum Gasteiger partial charge on any atom is -0.309 e. The summed E-state index contributed by atoms with van der Waals surface area (Å²) in [6, 6.07) is 9.11. The van der Waals surface area contributed by atoms with Crippen molar-refractivity contribution in [1.29, 1.82) is 0 Å². The summed E-state index contributed by atoms with van der Waals surface area (Å²) >= 11 is 0. The molecule has 80 valence electrons. The molecule has 1 nitrogen and oxygen atoms in total. The molecule has 0 saturated carbocycles. The monoisotopic (exact) mass is 201 g/mol. The zero-order valence-electron chi connectivity index (χ0n) is 9.59. The lowest BCUT2D eigenvalue weighted by Gasteiger charge is -2.16. The van der Waals surface area contributed by atoms with Crippen molar-refractivity contribution in [2.45, 2.75) is 32.7 Å². The standard InChI is InChI=1S/C14H19N/c1-4-6-11-15-14(5-2)13-9-7-12(3)8-10-13/h1,7-10,14-15H,5-6,11H2,2-3H3. The molecular formula is C14H19N. The molecule has 0 amide bonds. The van der Waals surface area contributed by atoms with E-state index in [1.165, 1.54) is 11.1 Å². The Morgan fingerprint density at radius 2 is 2.00 bits per heavy atom. The summed E-state index contributed by atoms with van der Waals surface area (Å²) in [6.45, 7) is 5.19. The molecule has 1 heteroatoms. The lowest BCUT2D eigenvalue weighted by atomic mass is 10.0. The third-order valence-electron chi connectivity index (χ3n) is 2.55. The molecule has 0 bridgehead atoms. The van der Waals surface area contributed by atoms with E-state index in [2.05, 4.69) is 49.4 Å². The highest BCUT2D eigenvalue weighted by Crippen LogP contribution is 2.16. The number of aryl methyl sites for hydroxylation is 1. The fourth-order valence-electron chi connectivity index (χ4n) is 1.62. The van der Waals surface area contributed by atoms with Gasteiger partial charge in [0.25, 0.3) is 0 Å². The maximum absolute atomic E-state index is 5.22. The van der Waals surface area contributed by atoms with Crippen molar-refractivity contribution in [3.63, 3.8) is 0 Å². The molecule has 1 rings (SSSR count). The van der Waals surface area contributed by atoms with E-state index in [-0.39, 0.29) is 0 Å². The molecule has 0 aliphatic rings. The van der Waals surface area contributed by atoms with E-state index in [0.29, 0.717) is 6.04 Å². The van der Waals surface area contributed by atoms with Crippen LogP contribution in [0.3, 0.4) is 0 Å². The van der Waals surface area contributed by atoms with Gasteiger partial charge in [-0.15, -0.1) is 12.3 Å². The second-order valence-electron chi connectivity index (χ2n) is 3.78. The van der Waals surface area contributed by atoms with Crippen LogP contribution in [0.4, 0.5) is 0 Å². The molecular weight excluding hydrogens is 182 g/mol. The van der Waals surface area contributed by atoms with Gasteiger partial charge in [-0.3, -0.25) is 0 Å². The zero-order valence-corrected chi connectivity index (χ0v) is 9.59. The van der Waals surface area contributed by atoms with Gasteiger partial charge in [-0.1, -0.05) is 36.8 Å². The van der Waals surface area contributed by atoms with Crippen LogP contribution in [0.1, 0.15) is 36.9 Å². The Hall–Kier alpha value is -1.26. The molecule has 1 N–H and O–H groups in total. The summed E-state index contributed by atoms with van der Waals surface area (Å²) in [4.78, 5) is 0. The Morgan fingerprint density at radius 3 is 2.53 bits per heavy atom. The minimum absolute atomic E-state index is 0.430. The van der Waals surface area contributed by atoms with Crippen molar-refractivity contribution >= 4 is 0 Å². The van der Waals surface area contributed by atoms with Gasteiger partial charge in [-0.05, 0) is 18.9 Å². The summed E-state index contributed by atoms with van der Waals surface area (Å²) in [6.07, 6.45) is 7.11. The summed E-state index contributed by atoms with van der Waals surface area (Å²) in [5.74, 6) is 2.65. The predicted molar refractivity (Wildman–Crippen MR) is 65.7 cm³/mol. The Labute approximate surface area is 92.9 Å². The average molecular weight is 201 g/mol. The fraction of sp³-hybridized carbons (Fsp3) is 0.429. The van der Waals surface area contributed by atoms with Crippen molar-refractivity contribution in [2.75, 3.05) is 6.54 Å². The van der Waals surface area contributed by atoms with Crippen molar-refractivity contribution in [1.82, 2.24) is 5.32 Å². The van der Waals surface area contributed by atoms with Gasteiger partial charge in [0.2, 0.25) is 0 Å². The Balaban J connectivity index is 2.58. The second kappa shape index (κ2) is 6.27. The van der Waals surface area contributed by atoms with Crippen LogP contribution < -0.4 is 5.32 Å². The largest absolute Gasteiger partial charge is 0.309 e. The number of benzene rings is 1. The lowest BCUT2D eigenvalue weighted by Crippen LogP contribution is -2.21. The van der Waals surface area contributed by atoms with Crippen LogP contribution in [-0.2, 0) is 0 Å². The first-order valence-electron chi connectivity index (χ1n) is 5.51. The summed E-state index contributed by atoms with van der Waals surface area (Å²) in [5.41, 5.74) is 2.65. The fourth-order valence-corrected chi connectivity index (χ4v) is 1.62. The van der Waals surface area contributed by atoms with E-state index in [9.17, 15) is 0 Å². The zero-order chi connectivity index (χ0) is 11.1. The molecule has 1 aromatic carbocycles. The number of hydrogen-bond donors (Lipinski definition) is 1. The smallest absolute Gasteiger partial charge is 0.0318 e. The normalized spacial score (nSPS) is 12.1. The van der Waals surface area contributed by atoms with Gasteiger partial charge in [0.05, 0.1) is 0 Å². The summed E-state index contributed by atoms with van der Waals surface area (Å²) in [5, 5.41) is 3.46. The Bertz CT molecular complexity index is 318. The van der Waals surface area contributed by atoms with Crippen LogP contribution in [0.25, 0.3) is 0 Å². The molecule has 0 radical (unpaired) electrons. The molecule has 0 aliphatic heterocycles. The Morgan fingerprint density at radius 1 is 1.33 bits per heavy atom.